The molecule has 146 valence electrons. The van der Waals surface area contributed by atoms with E-state index in [9.17, 15) is 9.59 Å². The maximum absolute atomic E-state index is 12.7. The molecule has 7 heteroatoms. The Morgan fingerprint density at radius 3 is 2.68 bits per heavy atom. The number of hydrogen-bond acceptors (Lipinski definition) is 5. The molecule has 0 saturated carbocycles. The van der Waals surface area contributed by atoms with Gasteiger partial charge in [0.25, 0.3) is 5.91 Å². The van der Waals surface area contributed by atoms with E-state index in [2.05, 4.69) is 4.99 Å². The zero-order valence-electron chi connectivity index (χ0n) is 16.1. The average molecular weight is 398 g/mol. The summed E-state index contributed by atoms with van der Waals surface area (Å²) in [6, 6.07) is 12.7. The summed E-state index contributed by atoms with van der Waals surface area (Å²) in [5.74, 6) is -0.695. The first-order valence-electron chi connectivity index (χ1n) is 8.98. The van der Waals surface area contributed by atoms with E-state index in [1.807, 2.05) is 42.7 Å². The third kappa shape index (κ3) is 4.37. The summed E-state index contributed by atoms with van der Waals surface area (Å²) in [6.07, 6.45) is 0. The number of carbonyl (C=O) groups excluding carboxylic acids is 2. The van der Waals surface area contributed by atoms with Gasteiger partial charge in [-0.2, -0.15) is 4.99 Å². The van der Waals surface area contributed by atoms with Gasteiger partial charge in [-0.3, -0.25) is 4.79 Å². The Labute approximate surface area is 167 Å². The molecule has 3 rings (SSSR count). The van der Waals surface area contributed by atoms with Crippen LogP contribution >= 0.6 is 11.3 Å². The number of thiazole rings is 1. The first-order chi connectivity index (χ1) is 13.5. The van der Waals surface area contributed by atoms with Crippen molar-refractivity contribution in [2.75, 3.05) is 20.3 Å². The number of fused-ring (bicyclic) bond motifs is 1. The van der Waals surface area contributed by atoms with Crippen LogP contribution in [-0.4, -0.2) is 36.8 Å². The lowest BCUT2D eigenvalue weighted by molar-refractivity contribution is 0.0600. The van der Waals surface area contributed by atoms with E-state index in [-0.39, 0.29) is 5.91 Å². The number of aryl methyl sites for hydroxylation is 1. The summed E-state index contributed by atoms with van der Waals surface area (Å²) >= 11 is 1.36. The molecule has 0 saturated heterocycles. The summed E-state index contributed by atoms with van der Waals surface area (Å²) in [5, 5.41) is 0. The predicted octanol–water partition coefficient (Wildman–Crippen LogP) is 3.58. The molecule has 0 radical (unpaired) electrons. The van der Waals surface area contributed by atoms with Crippen molar-refractivity contribution in [2.24, 2.45) is 4.99 Å². The first-order valence-corrected chi connectivity index (χ1v) is 9.80. The van der Waals surface area contributed by atoms with Crippen LogP contribution in [0.2, 0.25) is 0 Å². The minimum Gasteiger partial charge on any atom is -0.465 e. The number of carbonyl (C=O) groups is 2. The molecule has 3 aromatic rings. The van der Waals surface area contributed by atoms with Crippen molar-refractivity contribution in [3.63, 3.8) is 0 Å². The van der Waals surface area contributed by atoms with Gasteiger partial charge in [0, 0.05) is 18.7 Å². The van der Waals surface area contributed by atoms with Crippen molar-refractivity contribution in [1.82, 2.24) is 4.57 Å². The van der Waals surface area contributed by atoms with Gasteiger partial charge in [0.15, 0.2) is 4.80 Å². The number of methoxy groups -OCH3 is 1. The molecular formula is C21H22N2O4S. The molecule has 0 unspecified atom stereocenters. The van der Waals surface area contributed by atoms with E-state index in [1.54, 1.807) is 18.2 Å². The molecule has 0 fully saturated rings. The van der Waals surface area contributed by atoms with Crippen LogP contribution in [0.1, 0.15) is 33.2 Å². The van der Waals surface area contributed by atoms with Gasteiger partial charge in [0.2, 0.25) is 0 Å². The number of esters is 1. The van der Waals surface area contributed by atoms with E-state index < -0.39 is 5.97 Å². The van der Waals surface area contributed by atoms with Crippen molar-refractivity contribution in [2.45, 2.75) is 20.4 Å². The third-order valence-electron chi connectivity index (χ3n) is 4.23. The van der Waals surface area contributed by atoms with Crippen molar-refractivity contribution < 1.29 is 19.1 Å². The lowest BCUT2D eigenvalue weighted by Gasteiger charge is -2.06. The van der Waals surface area contributed by atoms with Crippen molar-refractivity contribution in [3.8, 4) is 0 Å². The van der Waals surface area contributed by atoms with Crippen molar-refractivity contribution in [3.05, 3.63) is 64.0 Å². The van der Waals surface area contributed by atoms with Crippen LogP contribution in [0.5, 0.6) is 0 Å². The minimum absolute atomic E-state index is 0.298. The maximum atomic E-state index is 12.7. The van der Waals surface area contributed by atoms with Crippen LogP contribution in [0.15, 0.2) is 47.5 Å². The quantitative estimate of drug-likeness (QED) is 0.470. The zero-order chi connectivity index (χ0) is 20.1. The highest BCUT2D eigenvalue weighted by Gasteiger charge is 2.13. The molecule has 0 aliphatic rings. The molecule has 0 spiro atoms. The molecule has 1 heterocycles. The number of hydrogen-bond donors (Lipinski definition) is 0. The number of rotatable bonds is 6. The second kappa shape index (κ2) is 8.95. The number of benzene rings is 2. The molecule has 0 N–H and O–H groups in total. The van der Waals surface area contributed by atoms with E-state index in [0.29, 0.717) is 35.7 Å². The van der Waals surface area contributed by atoms with Gasteiger partial charge >= 0.3 is 5.97 Å². The number of nitrogens with zero attached hydrogens (tertiary/aromatic N) is 2. The van der Waals surface area contributed by atoms with Gasteiger partial charge in [-0.05, 0) is 44.2 Å². The summed E-state index contributed by atoms with van der Waals surface area (Å²) < 4.78 is 13.1. The zero-order valence-corrected chi connectivity index (χ0v) is 16.9. The highest BCUT2D eigenvalue weighted by molar-refractivity contribution is 7.16. The molecule has 28 heavy (non-hydrogen) atoms. The summed E-state index contributed by atoms with van der Waals surface area (Å²) in [6.45, 7) is 5.56. The summed E-state index contributed by atoms with van der Waals surface area (Å²) in [4.78, 5) is 29.4. The Morgan fingerprint density at radius 1 is 1.14 bits per heavy atom. The van der Waals surface area contributed by atoms with E-state index in [1.165, 1.54) is 18.4 Å². The monoisotopic (exact) mass is 398 g/mol. The second-order valence-corrected chi connectivity index (χ2v) is 7.20. The number of aromatic nitrogens is 1. The minimum atomic E-state index is -0.398. The molecule has 0 aliphatic heterocycles. The molecule has 0 atom stereocenters. The molecule has 0 bridgehead atoms. The van der Waals surface area contributed by atoms with Crippen LogP contribution in [0.3, 0.4) is 0 Å². The van der Waals surface area contributed by atoms with Crippen LogP contribution in [0, 0.1) is 6.92 Å². The van der Waals surface area contributed by atoms with Crippen LogP contribution in [0.25, 0.3) is 10.2 Å². The topological polar surface area (TPSA) is 69.9 Å². The highest BCUT2D eigenvalue weighted by Crippen LogP contribution is 2.20. The Balaban J connectivity index is 2.09. The van der Waals surface area contributed by atoms with Crippen molar-refractivity contribution in [1.29, 1.82) is 0 Å². The Morgan fingerprint density at radius 2 is 1.96 bits per heavy atom. The van der Waals surface area contributed by atoms with Crippen molar-refractivity contribution >= 4 is 33.4 Å². The van der Waals surface area contributed by atoms with Crippen LogP contribution in [0.4, 0.5) is 0 Å². The van der Waals surface area contributed by atoms with E-state index >= 15 is 0 Å². The van der Waals surface area contributed by atoms with Gasteiger partial charge in [-0.15, -0.1) is 0 Å². The van der Waals surface area contributed by atoms with Gasteiger partial charge in [0.1, 0.15) is 0 Å². The third-order valence-corrected chi connectivity index (χ3v) is 5.27. The highest BCUT2D eigenvalue weighted by atomic mass is 32.1. The fourth-order valence-electron chi connectivity index (χ4n) is 2.85. The fraction of sp³-hybridized carbons (Fsp3) is 0.286. The van der Waals surface area contributed by atoms with E-state index in [0.717, 1.165) is 15.8 Å². The standard InChI is InChI=1S/C21H22N2O4S/c1-4-27-11-10-23-17-9-8-16(20(25)26-3)13-18(17)28-21(23)22-19(24)15-7-5-6-14(2)12-15/h5-9,12-13H,4,10-11H2,1-3H3. The number of ether oxygens (including phenoxy) is 2. The summed E-state index contributed by atoms with van der Waals surface area (Å²) in [5.41, 5.74) is 2.91. The molecule has 6 nitrogen and oxygen atoms in total. The van der Waals surface area contributed by atoms with Crippen LogP contribution in [-0.2, 0) is 16.0 Å². The normalized spacial score (nSPS) is 11.8. The lowest BCUT2D eigenvalue weighted by Crippen LogP contribution is -2.19. The molecule has 1 amide bonds. The first kappa shape index (κ1) is 20.0. The van der Waals surface area contributed by atoms with Crippen LogP contribution < -0.4 is 4.80 Å². The molecular weight excluding hydrogens is 376 g/mol. The number of amides is 1. The van der Waals surface area contributed by atoms with E-state index in [4.69, 9.17) is 9.47 Å². The fourth-order valence-corrected chi connectivity index (χ4v) is 3.94. The Hall–Kier alpha value is -2.77. The molecule has 0 aliphatic carbocycles. The summed E-state index contributed by atoms with van der Waals surface area (Å²) in [7, 11) is 1.35. The SMILES string of the molecule is CCOCCn1c(=NC(=O)c2cccc(C)c2)sc2cc(C(=O)OC)ccc21. The van der Waals surface area contributed by atoms with Gasteiger partial charge in [-0.25, -0.2) is 4.79 Å². The maximum Gasteiger partial charge on any atom is 0.337 e. The second-order valence-electron chi connectivity index (χ2n) is 6.19. The van der Waals surface area contributed by atoms with Gasteiger partial charge < -0.3 is 14.0 Å². The smallest absolute Gasteiger partial charge is 0.337 e. The molecule has 2 aromatic carbocycles. The Kier molecular flexibility index (Phi) is 6.38. The van der Waals surface area contributed by atoms with Gasteiger partial charge in [-0.1, -0.05) is 29.0 Å². The lowest BCUT2D eigenvalue weighted by atomic mass is 10.1. The van der Waals surface area contributed by atoms with Gasteiger partial charge in [0.05, 0.1) is 29.5 Å². The molecule has 1 aromatic heterocycles. The Bertz CT molecular complexity index is 1080. The predicted molar refractivity (Wildman–Crippen MR) is 109 cm³/mol. The largest absolute Gasteiger partial charge is 0.465 e. The average Bonchev–Trinajstić information content (AvgIpc) is 3.03.